The summed E-state index contributed by atoms with van der Waals surface area (Å²) in [5, 5.41) is -0.305. The van der Waals surface area contributed by atoms with E-state index in [1.807, 2.05) is 0 Å². The second-order valence-electron chi connectivity index (χ2n) is 4.94. The molecule has 2 aliphatic heterocycles. The Morgan fingerprint density at radius 3 is 2.55 bits per heavy atom. The molecule has 1 fully saturated rings. The quantitative estimate of drug-likeness (QED) is 0.784. The molecule has 0 radical (unpaired) electrons. The van der Waals surface area contributed by atoms with E-state index >= 15 is 0 Å². The zero-order valence-electron chi connectivity index (χ0n) is 10.8. The van der Waals surface area contributed by atoms with Gasteiger partial charge in [-0.15, -0.1) is 0 Å². The normalized spacial score (nSPS) is 18.1. The molecular formula is C14H14ClNO4. The van der Waals surface area contributed by atoms with Crippen LogP contribution in [0.4, 0.5) is 0 Å². The second kappa shape index (κ2) is 5.32. The van der Waals surface area contributed by atoms with Gasteiger partial charge in [-0.1, -0.05) is 0 Å². The number of piperidine rings is 1. The van der Waals surface area contributed by atoms with Crippen LogP contribution in [0.3, 0.4) is 0 Å². The highest BCUT2D eigenvalue weighted by molar-refractivity contribution is 6.64. The molecule has 0 aromatic heterocycles. The van der Waals surface area contributed by atoms with Gasteiger partial charge in [-0.2, -0.15) is 0 Å². The van der Waals surface area contributed by atoms with Gasteiger partial charge in [0.25, 0.3) is 5.91 Å². The van der Waals surface area contributed by atoms with E-state index in [0.717, 1.165) is 0 Å². The van der Waals surface area contributed by atoms with Crippen LogP contribution in [0.1, 0.15) is 23.2 Å². The van der Waals surface area contributed by atoms with Crippen LogP contribution in [0, 0.1) is 5.92 Å². The van der Waals surface area contributed by atoms with Crippen molar-refractivity contribution in [1.82, 2.24) is 4.90 Å². The first-order valence-electron chi connectivity index (χ1n) is 6.53. The molecule has 1 aromatic carbocycles. The average molecular weight is 296 g/mol. The van der Waals surface area contributed by atoms with Crippen molar-refractivity contribution in [3.8, 4) is 11.5 Å². The van der Waals surface area contributed by atoms with E-state index in [4.69, 9.17) is 21.1 Å². The Morgan fingerprint density at radius 2 is 1.85 bits per heavy atom. The zero-order chi connectivity index (χ0) is 14.1. The Labute approximate surface area is 121 Å². The summed E-state index contributed by atoms with van der Waals surface area (Å²) in [6.07, 6.45) is 1.25. The van der Waals surface area contributed by atoms with E-state index < -0.39 is 0 Å². The van der Waals surface area contributed by atoms with E-state index in [9.17, 15) is 9.59 Å². The van der Waals surface area contributed by atoms with Crippen molar-refractivity contribution < 1.29 is 19.1 Å². The molecule has 5 nitrogen and oxygen atoms in total. The van der Waals surface area contributed by atoms with E-state index in [1.54, 1.807) is 23.1 Å². The van der Waals surface area contributed by atoms with Crippen molar-refractivity contribution in [2.24, 2.45) is 5.92 Å². The number of benzene rings is 1. The third-order valence-electron chi connectivity index (χ3n) is 3.72. The molecule has 2 aliphatic rings. The first-order chi connectivity index (χ1) is 9.65. The zero-order valence-corrected chi connectivity index (χ0v) is 11.6. The van der Waals surface area contributed by atoms with Crippen molar-refractivity contribution in [3.05, 3.63) is 23.8 Å². The number of fused-ring (bicyclic) bond motifs is 1. The fraction of sp³-hybridized carbons (Fsp3) is 0.429. The lowest BCUT2D eigenvalue weighted by molar-refractivity contribution is -0.116. The largest absolute Gasteiger partial charge is 0.454 e. The number of likely N-dealkylation sites (tertiary alicyclic amines) is 1. The molecule has 106 valence electrons. The van der Waals surface area contributed by atoms with Crippen LogP contribution >= 0.6 is 11.6 Å². The smallest absolute Gasteiger partial charge is 0.253 e. The van der Waals surface area contributed by atoms with Gasteiger partial charge in [0.05, 0.1) is 0 Å². The lowest BCUT2D eigenvalue weighted by atomic mass is 9.97. The molecule has 0 aliphatic carbocycles. The molecule has 2 heterocycles. The van der Waals surface area contributed by atoms with Crippen LogP contribution in [0.15, 0.2) is 18.2 Å². The van der Waals surface area contributed by atoms with Crippen molar-refractivity contribution in [3.63, 3.8) is 0 Å². The minimum absolute atomic E-state index is 0.0521. The molecule has 1 amide bonds. The van der Waals surface area contributed by atoms with Gasteiger partial charge in [0.1, 0.15) is 0 Å². The van der Waals surface area contributed by atoms with Crippen molar-refractivity contribution >= 4 is 22.8 Å². The molecule has 0 bridgehead atoms. The van der Waals surface area contributed by atoms with Crippen LogP contribution in [0.25, 0.3) is 0 Å². The summed E-state index contributed by atoms with van der Waals surface area (Å²) >= 11 is 5.49. The molecule has 0 spiro atoms. The number of hydrogen-bond donors (Lipinski definition) is 0. The highest BCUT2D eigenvalue weighted by Crippen LogP contribution is 2.33. The lowest BCUT2D eigenvalue weighted by Crippen LogP contribution is -2.39. The molecule has 1 aromatic rings. The second-order valence-corrected chi connectivity index (χ2v) is 5.31. The third kappa shape index (κ3) is 2.45. The molecular weight excluding hydrogens is 282 g/mol. The van der Waals surface area contributed by atoms with Gasteiger partial charge >= 0.3 is 0 Å². The molecule has 0 atom stereocenters. The van der Waals surface area contributed by atoms with Gasteiger partial charge in [-0.25, -0.2) is 0 Å². The topological polar surface area (TPSA) is 55.8 Å². The maximum atomic E-state index is 12.4. The van der Waals surface area contributed by atoms with Crippen LogP contribution in [0.5, 0.6) is 11.5 Å². The third-order valence-corrected chi connectivity index (χ3v) is 4.03. The van der Waals surface area contributed by atoms with Crippen molar-refractivity contribution in [2.45, 2.75) is 12.8 Å². The van der Waals surface area contributed by atoms with Crippen molar-refractivity contribution in [2.75, 3.05) is 19.9 Å². The fourth-order valence-electron chi connectivity index (χ4n) is 2.52. The number of amides is 1. The highest BCUT2D eigenvalue weighted by atomic mass is 35.5. The Kier molecular flexibility index (Phi) is 3.53. The summed E-state index contributed by atoms with van der Waals surface area (Å²) in [6.45, 7) is 1.29. The van der Waals surface area contributed by atoms with E-state index in [2.05, 4.69) is 0 Å². The molecule has 20 heavy (non-hydrogen) atoms. The molecule has 0 saturated carbocycles. The standard InChI is InChI=1S/C14H14ClNO4/c15-13(17)9-3-5-16(6-4-9)14(18)10-1-2-11-12(7-10)20-8-19-11/h1-2,7,9H,3-6,8H2. The SMILES string of the molecule is O=C(Cl)C1CCN(C(=O)c2ccc3c(c2)OCO3)CC1. The number of nitrogens with zero attached hydrogens (tertiary/aromatic N) is 1. The van der Waals surface area contributed by atoms with Crippen LogP contribution < -0.4 is 9.47 Å². The molecule has 3 rings (SSSR count). The van der Waals surface area contributed by atoms with E-state index in [-0.39, 0.29) is 23.9 Å². The lowest BCUT2D eigenvalue weighted by Gasteiger charge is -2.30. The molecule has 6 heteroatoms. The first-order valence-corrected chi connectivity index (χ1v) is 6.91. The molecule has 1 saturated heterocycles. The number of carbonyl (C=O) groups excluding carboxylic acids is 2. The fourth-order valence-corrected chi connectivity index (χ4v) is 2.74. The minimum atomic E-state index is -0.305. The number of rotatable bonds is 2. The van der Waals surface area contributed by atoms with E-state index in [1.165, 1.54) is 0 Å². The minimum Gasteiger partial charge on any atom is -0.454 e. The van der Waals surface area contributed by atoms with E-state index in [0.29, 0.717) is 43.0 Å². The first kappa shape index (κ1) is 13.2. The Morgan fingerprint density at radius 1 is 1.15 bits per heavy atom. The Bertz CT molecular complexity index is 552. The van der Waals surface area contributed by atoms with Gasteiger partial charge in [-0.05, 0) is 42.6 Å². The van der Waals surface area contributed by atoms with Gasteiger partial charge < -0.3 is 14.4 Å². The predicted octanol–water partition coefficient (Wildman–Crippen LogP) is 2.03. The summed E-state index contributed by atoms with van der Waals surface area (Å²) in [7, 11) is 0. The van der Waals surface area contributed by atoms with Crippen LogP contribution in [0.2, 0.25) is 0 Å². The van der Waals surface area contributed by atoms with Gasteiger partial charge in [0.15, 0.2) is 11.5 Å². The number of carbonyl (C=O) groups is 2. The van der Waals surface area contributed by atoms with Crippen LogP contribution in [-0.2, 0) is 4.79 Å². The molecule has 0 unspecified atom stereocenters. The number of halogens is 1. The summed E-state index contributed by atoms with van der Waals surface area (Å²) in [5.74, 6) is 1.08. The average Bonchev–Trinajstić information content (AvgIpc) is 2.94. The predicted molar refractivity (Wildman–Crippen MR) is 72.1 cm³/mol. The monoisotopic (exact) mass is 295 g/mol. The summed E-state index contributed by atoms with van der Waals surface area (Å²) < 4.78 is 10.5. The van der Waals surface area contributed by atoms with Gasteiger partial charge in [-0.3, -0.25) is 9.59 Å². The highest BCUT2D eigenvalue weighted by Gasteiger charge is 2.27. The van der Waals surface area contributed by atoms with Crippen LogP contribution in [-0.4, -0.2) is 35.9 Å². The number of hydrogen-bond acceptors (Lipinski definition) is 4. The van der Waals surface area contributed by atoms with Gasteiger partial charge in [0.2, 0.25) is 12.0 Å². The maximum absolute atomic E-state index is 12.4. The number of ether oxygens (including phenoxy) is 2. The maximum Gasteiger partial charge on any atom is 0.253 e. The summed E-state index contributed by atoms with van der Waals surface area (Å²) in [4.78, 5) is 25.2. The summed E-state index contributed by atoms with van der Waals surface area (Å²) in [6, 6.07) is 5.17. The summed E-state index contributed by atoms with van der Waals surface area (Å²) in [5.41, 5.74) is 0.574. The van der Waals surface area contributed by atoms with Crippen molar-refractivity contribution in [1.29, 1.82) is 0 Å². The molecule has 0 N–H and O–H groups in total. The van der Waals surface area contributed by atoms with Gasteiger partial charge in [0, 0.05) is 24.6 Å². The Balaban J connectivity index is 1.69. The Hall–Kier alpha value is -1.75.